The van der Waals surface area contributed by atoms with Gasteiger partial charge in [0.25, 0.3) is 0 Å². The molecule has 1 aliphatic heterocycles. The van der Waals surface area contributed by atoms with Gasteiger partial charge in [-0.2, -0.15) is 0 Å². The number of pyridine rings is 1. The number of benzene rings is 1. The number of aryl methyl sites for hydroxylation is 1. The van der Waals surface area contributed by atoms with Crippen molar-refractivity contribution in [2.75, 3.05) is 5.32 Å². The number of nitrogens with one attached hydrogen (secondary N) is 2. The molecule has 0 fully saturated rings. The molecule has 0 radical (unpaired) electrons. The maximum absolute atomic E-state index is 4.40. The summed E-state index contributed by atoms with van der Waals surface area (Å²) in [6.07, 6.45) is 1.87. The summed E-state index contributed by atoms with van der Waals surface area (Å²) in [5, 5.41) is 6.73. The maximum atomic E-state index is 4.40. The first-order valence-corrected chi connectivity index (χ1v) is 7.19. The summed E-state index contributed by atoms with van der Waals surface area (Å²) >= 11 is 3.54. The smallest absolute Gasteiger partial charge is 0.140 e. The number of hydrogen-bond acceptors (Lipinski definition) is 3. The van der Waals surface area contributed by atoms with Crippen molar-refractivity contribution in [3.05, 3.63) is 57.2 Å². The molecular formula is C15H16BrN3. The standard InChI is InChI=1S/C15H16BrN3/c1-10-4-14(16)15(18-6-10)19-7-11-2-3-12-8-17-9-13(12)5-11/h2-6,17H,7-9H2,1H3,(H,18,19). The molecule has 2 aromatic rings. The van der Waals surface area contributed by atoms with Crippen LogP contribution in [-0.4, -0.2) is 4.98 Å². The maximum Gasteiger partial charge on any atom is 0.140 e. The van der Waals surface area contributed by atoms with E-state index in [9.17, 15) is 0 Å². The van der Waals surface area contributed by atoms with Crippen LogP contribution < -0.4 is 10.6 Å². The third-order valence-corrected chi connectivity index (χ3v) is 3.94. The van der Waals surface area contributed by atoms with Gasteiger partial charge in [-0.05, 0) is 51.2 Å². The van der Waals surface area contributed by atoms with E-state index < -0.39 is 0 Å². The van der Waals surface area contributed by atoms with Crippen LogP contribution in [0.5, 0.6) is 0 Å². The summed E-state index contributed by atoms with van der Waals surface area (Å²) in [5.74, 6) is 0.893. The van der Waals surface area contributed by atoms with Crippen LogP contribution in [0.25, 0.3) is 0 Å². The SMILES string of the molecule is Cc1cnc(NCc2ccc3c(c2)CNC3)c(Br)c1. The Morgan fingerprint density at radius 2 is 2.11 bits per heavy atom. The van der Waals surface area contributed by atoms with Crippen molar-refractivity contribution in [2.45, 2.75) is 26.6 Å². The zero-order chi connectivity index (χ0) is 13.2. The average Bonchev–Trinajstić information content (AvgIpc) is 2.85. The molecule has 0 saturated carbocycles. The van der Waals surface area contributed by atoms with Crippen LogP contribution >= 0.6 is 15.9 Å². The van der Waals surface area contributed by atoms with Gasteiger partial charge in [-0.15, -0.1) is 0 Å². The van der Waals surface area contributed by atoms with Crippen LogP contribution in [0.3, 0.4) is 0 Å². The molecule has 3 nitrogen and oxygen atoms in total. The topological polar surface area (TPSA) is 37.0 Å². The molecular weight excluding hydrogens is 302 g/mol. The molecule has 98 valence electrons. The Balaban J connectivity index is 1.72. The van der Waals surface area contributed by atoms with E-state index in [4.69, 9.17) is 0 Å². The van der Waals surface area contributed by atoms with Crippen LogP contribution in [0, 0.1) is 6.92 Å². The van der Waals surface area contributed by atoms with E-state index in [1.807, 2.05) is 13.1 Å². The number of rotatable bonds is 3. The molecule has 4 heteroatoms. The van der Waals surface area contributed by atoms with Crippen LogP contribution in [-0.2, 0) is 19.6 Å². The summed E-state index contributed by atoms with van der Waals surface area (Å²) in [7, 11) is 0. The lowest BCUT2D eigenvalue weighted by molar-refractivity contribution is 0.764. The molecule has 2 N–H and O–H groups in total. The van der Waals surface area contributed by atoms with Crippen LogP contribution in [0.1, 0.15) is 22.3 Å². The second-order valence-corrected chi connectivity index (χ2v) is 5.76. The highest BCUT2D eigenvalue weighted by Crippen LogP contribution is 2.22. The Kier molecular flexibility index (Phi) is 3.53. The molecule has 0 spiro atoms. The van der Waals surface area contributed by atoms with Crippen LogP contribution in [0.15, 0.2) is 34.9 Å². The first-order valence-electron chi connectivity index (χ1n) is 6.40. The lowest BCUT2D eigenvalue weighted by Gasteiger charge is -2.09. The number of anilines is 1. The van der Waals surface area contributed by atoms with Crippen molar-refractivity contribution in [1.82, 2.24) is 10.3 Å². The molecule has 0 aliphatic carbocycles. The molecule has 0 bridgehead atoms. The van der Waals surface area contributed by atoms with E-state index in [1.165, 1.54) is 16.7 Å². The van der Waals surface area contributed by atoms with Gasteiger partial charge >= 0.3 is 0 Å². The van der Waals surface area contributed by atoms with Gasteiger partial charge in [0.15, 0.2) is 0 Å². The normalized spacial score (nSPS) is 13.4. The Morgan fingerprint density at radius 1 is 1.26 bits per heavy atom. The van der Waals surface area contributed by atoms with Gasteiger partial charge in [0, 0.05) is 25.8 Å². The number of fused-ring (bicyclic) bond motifs is 1. The summed E-state index contributed by atoms with van der Waals surface area (Å²) in [4.78, 5) is 4.40. The van der Waals surface area contributed by atoms with Crippen molar-refractivity contribution in [3.8, 4) is 0 Å². The summed E-state index contributed by atoms with van der Waals surface area (Å²) in [6.45, 7) is 4.81. The number of nitrogens with zero attached hydrogens (tertiary/aromatic N) is 1. The van der Waals surface area contributed by atoms with Gasteiger partial charge in [-0.25, -0.2) is 4.98 Å². The summed E-state index contributed by atoms with van der Waals surface area (Å²) in [5.41, 5.74) is 5.27. The lowest BCUT2D eigenvalue weighted by Crippen LogP contribution is -2.03. The minimum atomic E-state index is 0.794. The Labute approximate surface area is 121 Å². The van der Waals surface area contributed by atoms with Gasteiger partial charge in [0.05, 0.1) is 4.47 Å². The Morgan fingerprint density at radius 3 is 2.95 bits per heavy atom. The average molecular weight is 318 g/mol. The monoisotopic (exact) mass is 317 g/mol. The lowest BCUT2D eigenvalue weighted by atomic mass is 10.1. The van der Waals surface area contributed by atoms with E-state index in [2.05, 4.69) is 55.8 Å². The fourth-order valence-electron chi connectivity index (χ4n) is 2.31. The van der Waals surface area contributed by atoms with Gasteiger partial charge in [-0.3, -0.25) is 0 Å². The van der Waals surface area contributed by atoms with Crippen LogP contribution in [0.4, 0.5) is 5.82 Å². The predicted octanol–water partition coefficient (Wildman–Crippen LogP) is 3.37. The molecule has 1 aliphatic rings. The van der Waals surface area contributed by atoms with Gasteiger partial charge in [-0.1, -0.05) is 18.2 Å². The zero-order valence-electron chi connectivity index (χ0n) is 10.8. The highest BCUT2D eigenvalue weighted by Gasteiger charge is 2.10. The van der Waals surface area contributed by atoms with E-state index in [-0.39, 0.29) is 0 Å². The van der Waals surface area contributed by atoms with Crippen molar-refractivity contribution < 1.29 is 0 Å². The first kappa shape index (κ1) is 12.6. The molecule has 0 atom stereocenters. The molecule has 2 heterocycles. The highest BCUT2D eigenvalue weighted by atomic mass is 79.9. The van der Waals surface area contributed by atoms with Gasteiger partial charge in [0.2, 0.25) is 0 Å². The van der Waals surface area contributed by atoms with Gasteiger partial charge in [0.1, 0.15) is 5.82 Å². The van der Waals surface area contributed by atoms with Crippen LogP contribution in [0.2, 0.25) is 0 Å². The summed E-state index contributed by atoms with van der Waals surface area (Å²) in [6, 6.07) is 8.73. The number of hydrogen-bond donors (Lipinski definition) is 2. The second-order valence-electron chi connectivity index (χ2n) is 4.90. The van der Waals surface area contributed by atoms with Crippen molar-refractivity contribution in [2.24, 2.45) is 0 Å². The van der Waals surface area contributed by atoms with Crippen molar-refractivity contribution in [3.63, 3.8) is 0 Å². The molecule has 0 unspecified atom stereocenters. The molecule has 19 heavy (non-hydrogen) atoms. The Hall–Kier alpha value is -1.39. The third kappa shape index (κ3) is 2.80. The predicted molar refractivity (Wildman–Crippen MR) is 81.0 cm³/mol. The minimum absolute atomic E-state index is 0.794. The van der Waals surface area contributed by atoms with Crippen molar-refractivity contribution in [1.29, 1.82) is 0 Å². The quantitative estimate of drug-likeness (QED) is 0.911. The molecule has 0 amide bonds. The largest absolute Gasteiger partial charge is 0.365 e. The zero-order valence-corrected chi connectivity index (χ0v) is 12.4. The van der Waals surface area contributed by atoms with E-state index in [0.29, 0.717) is 0 Å². The summed E-state index contributed by atoms with van der Waals surface area (Å²) < 4.78 is 1.01. The van der Waals surface area contributed by atoms with Gasteiger partial charge < -0.3 is 10.6 Å². The molecule has 1 aromatic heterocycles. The fraction of sp³-hybridized carbons (Fsp3) is 0.267. The minimum Gasteiger partial charge on any atom is -0.365 e. The van der Waals surface area contributed by atoms with E-state index in [1.54, 1.807) is 0 Å². The molecule has 3 rings (SSSR count). The van der Waals surface area contributed by atoms with E-state index in [0.717, 1.165) is 35.5 Å². The number of halogens is 1. The second kappa shape index (κ2) is 5.31. The molecule has 1 aromatic carbocycles. The highest BCUT2D eigenvalue weighted by molar-refractivity contribution is 9.10. The Bertz CT molecular complexity index is 610. The molecule has 0 saturated heterocycles. The first-order chi connectivity index (χ1) is 9.22. The number of aromatic nitrogens is 1. The third-order valence-electron chi connectivity index (χ3n) is 3.34. The van der Waals surface area contributed by atoms with Crippen molar-refractivity contribution >= 4 is 21.7 Å². The van der Waals surface area contributed by atoms with E-state index >= 15 is 0 Å². The fourth-order valence-corrected chi connectivity index (χ4v) is 2.91.